The lowest BCUT2D eigenvalue weighted by Gasteiger charge is -2.15. The molecule has 0 aliphatic heterocycles. The summed E-state index contributed by atoms with van der Waals surface area (Å²) in [5.41, 5.74) is 1.87. The Labute approximate surface area is 195 Å². The van der Waals surface area contributed by atoms with Gasteiger partial charge in [-0.3, -0.25) is 14.2 Å². The molecule has 0 unspecified atom stereocenters. The number of methoxy groups -OCH3 is 1. The third-order valence-corrected chi connectivity index (χ3v) is 8.47. The maximum atomic E-state index is 13.7. The van der Waals surface area contributed by atoms with Crippen molar-refractivity contribution in [2.75, 3.05) is 12.9 Å². The maximum Gasteiger partial charge on any atom is 0.267 e. The van der Waals surface area contributed by atoms with Gasteiger partial charge in [0.15, 0.2) is 5.16 Å². The molecule has 1 saturated carbocycles. The number of carbonyl (C=O) groups excluding carboxylic acids is 1. The topological polar surface area (TPSA) is 73.2 Å². The second-order valence-electron chi connectivity index (χ2n) is 8.46. The van der Waals surface area contributed by atoms with Crippen LogP contribution in [0.5, 0.6) is 5.75 Å². The van der Waals surface area contributed by atoms with Crippen LogP contribution >= 0.6 is 23.1 Å². The van der Waals surface area contributed by atoms with Crippen LogP contribution in [0.25, 0.3) is 15.9 Å². The molecule has 2 aliphatic rings. The van der Waals surface area contributed by atoms with Crippen molar-refractivity contribution in [1.29, 1.82) is 0 Å². The quantitative estimate of drug-likeness (QED) is 0.426. The van der Waals surface area contributed by atoms with Crippen molar-refractivity contribution in [3.63, 3.8) is 0 Å². The molecule has 2 aliphatic carbocycles. The maximum absolute atomic E-state index is 13.7. The Bertz CT molecular complexity index is 1190. The van der Waals surface area contributed by atoms with Crippen molar-refractivity contribution >= 4 is 39.2 Å². The molecule has 1 amide bonds. The van der Waals surface area contributed by atoms with E-state index in [1.165, 1.54) is 35.0 Å². The molecule has 1 fully saturated rings. The van der Waals surface area contributed by atoms with Crippen molar-refractivity contribution in [2.24, 2.45) is 0 Å². The largest absolute Gasteiger partial charge is 0.497 e. The second kappa shape index (κ2) is 9.27. The minimum atomic E-state index is -0.0433. The Morgan fingerprint density at radius 1 is 1.19 bits per heavy atom. The minimum absolute atomic E-state index is 0.00278. The van der Waals surface area contributed by atoms with Gasteiger partial charge in [0.05, 0.1) is 23.9 Å². The summed E-state index contributed by atoms with van der Waals surface area (Å²) in [6.07, 6.45) is 8.69. The monoisotopic (exact) mass is 469 g/mol. The highest BCUT2D eigenvalue weighted by atomic mass is 32.2. The van der Waals surface area contributed by atoms with E-state index in [0.717, 1.165) is 60.2 Å². The van der Waals surface area contributed by atoms with Crippen molar-refractivity contribution in [2.45, 2.75) is 62.6 Å². The molecule has 0 spiro atoms. The van der Waals surface area contributed by atoms with E-state index in [9.17, 15) is 9.59 Å². The molecule has 6 nitrogen and oxygen atoms in total. The lowest BCUT2D eigenvalue weighted by atomic mass is 9.97. The van der Waals surface area contributed by atoms with Crippen molar-refractivity contribution in [3.8, 4) is 11.4 Å². The van der Waals surface area contributed by atoms with Crippen LogP contribution in [0.3, 0.4) is 0 Å². The van der Waals surface area contributed by atoms with Gasteiger partial charge in [0.1, 0.15) is 10.6 Å². The molecule has 1 aromatic carbocycles. The number of carbonyl (C=O) groups is 1. The average molecular weight is 470 g/mol. The number of thiophene rings is 1. The summed E-state index contributed by atoms with van der Waals surface area (Å²) in [6, 6.07) is 7.71. The van der Waals surface area contributed by atoms with Gasteiger partial charge in [0, 0.05) is 10.9 Å². The highest BCUT2D eigenvalue weighted by molar-refractivity contribution is 7.99. The zero-order valence-electron chi connectivity index (χ0n) is 18.2. The standard InChI is InChI=1S/C24H27N3O3S2/c1-30-17-12-10-16(11-13-17)27-23(29)21-18-8-4-5-9-19(18)32-22(21)26-24(27)31-14-20(28)25-15-6-2-3-7-15/h10-13,15H,2-9,14H2,1H3,(H,25,28). The fourth-order valence-corrected chi connectivity index (χ4v) is 6.84. The summed E-state index contributed by atoms with van der Waals surface area (Å²) >= 11 is 2.97. The fraction of sp³-hybridized carbons (Fsp3) is 0.458. The molecule has 3 aromatic rings. The van der Waals surface area contributed by atoms with Crippen molar-refractivity contribution in [1.82, 2.24) is 14.9 Å². The number of hydrogen-bond donors (Lipinski definition) is 1. The van der Waals surface area contributed by atoms with E-state index in [0.29, 0.717) is 5.16 Å². The van der Waals surface area contributed by atoms with E-state index in [1.807, 2.05) is 24.3 Å². The third-order valence-electron chi connectivity index (χ3n) is 6.34. The molecular formula is C24H27N3O3S2. The molecular weight excluding hydrogens is 442 g/mol. The van der Waals surface area contributed by atoms with Crippen LogP contribution in [0.2, 0.25) is 0 Å². The van der Waals surface area contributed by atoms with Gasteiger partial charge < -0.3 is 10.1 Å². The Hall–Kier alpha value is -2.32. The van der Waals surface area contributed by atoms with Crippen LogP contribution in [-0.4, -0.2) is 34.4 Å². The van der Waals surface area contributed by atoms with Crippen molar-refractivity contribution < 1.29 is 9.53 Å². The van der Waals surface area contributed by atoms with E-state index in [-0.39, 0.29) is 23.3 Å². The Morgan fingerprint density at radius 3 is 2.69 bits per heavy atom. The first-order valence-electron chi connectivity index (χ1n) is 11.3. The SMILES string of the molecule is COc1ccc(-n2c(SCC(=O)NC3CCCC3)nc3sc4c(c3c2=O)CCCC4)cc1. The van der Waals surface area contributed by atoms with Gasteiger partial charge in [-0.25, -0.2) is 4.98 Å². The number of aromatic nitrogens is 2. The Balaban J connectivity index is 1.53. The lowest BCUT2D eigenvalue weighted by molar-refractivity contribution is -0.119. The van der Waals surface area contributed by atoms with Gasteiger partial charge in [-0.2, -0.15) is 0 Å². The zero-order chi connectivity index (χ0) is 22.1. The summed E-state index contributed by atoms with van der Waals surface area (Å²) < 4.78 is 6.94. The number of aryl methyl sites for hydroxylation is 2. The summed E-state index contributed by atoms with van der Waals surface area (Å²) in [7, 11) is 1.62. The van der Waals surface area contributed by atoms with Gasteiger partial charge >= 0.3 is 0 Å². The predicted molar refractivity (Wildman–Crippen MR) is 130 cm³/mol. The number of thioether (sulfide) groups is 1. The summed E-state index contributed by atoms with van der Waals surface area (Å²) in [6.45, 7) is 0. The minimum Gasteiger partial charge on any atom is -0.497 e. The first-order valence-corrected chi connectivity index (χ1v) is 13.1. The number of benzene rings is 1. The van der Waals surface area contributed by atoms with Gasteiger partial charge in [-0.15, -0.1) is 11.3 Å². The van der Waals surface area contributed by atoms with Crippen molar-refractivity contribution in [3.05, 3.63) is 45.1 Å². The van der Waals surface area contributed by atoms with Crippen LogP contribution < -0.4 is 15.6 Å². The Kier molecular flexibility index (Phi) is 6.24. The van der Waals surface area contributed by atoms with Crippen LogP contribution in [0.1, 0.15) is 49.0 Å². The number of nitrogens with zero attached hydrogens (tertiary/aromatic N) is 2. The molecule has 168 valence electrons. The van der Waals surface area contributed by atoms with Gasteiger partial charge in [0.25, 0.3) is 5.56 Å². The number of amides is 1. The summed E-state index contributed by atoms with van der Waals surface area (Å²) in [5, 5.41) is 4.44. The number of nitrogens with one attached hydrogen (secondary N) is 1. The molecule has 8 heteroatoms. The van der Waals surface area contributed by atoms with Gasteiger partial charge in [-0.05, 0) is 68.4 Å². The van der Waals surface area contributed by atoms with Crippen LogP contribution in [0.15, 0.2) is 34.2 Å². The molecule has 0 atom stereocenters. The van der Waals surface area contributed by atoms with Crippen LogP contribution in [-0.2, 0) is 17.6 Å². The molecule has 32 heavy (non-hydrogen) atoms. The molecule has 5 rings (SSSR count). The normalized spacial score (nSPS) is 16.3. The van der Waals surface area contributed by atoms with Crippen LogP contribution in [0, 0.1) is 0 Å². The van der Waals surface area contributed by atoms with E-state index >= 15 is 0 Å². The van der Waals surface area contributed by atoms with E-state index in [4.69, 9.17) is 9.72 Å². The molecule has 0 bridgehead atoms. The highest BCUT2D eigenvalue weighted by Gasteiger charge is 2.24. The number of rotatable bonds is 6. The first-order chi connectivity index (χ1) is 15.6. The molecule has 2 heterocycles. The summed E-state index contributed by atoms with van der Waals surface area (Å²) in [5.74, 6) is 0.979. The molecule has 0 saturated heterocycles. The van der Waals surface area contributed by atoms with E-state index in [2.05, 4.69) is 5.32 Å². The molecule has 0 radical (unpaired) electrons. The third kappa shape index (κ3) is 4.18. The number of ether oxygens (including phenoxy) is 1. The average Bonchev–Trinajstić information content (AvgIpc) is 3.45. The van der Waals surface area contributed by atoms with E-state index < -0.39 is 0 Å². The molecule has 2 aromatic heterocycles. The fourth-order valence-electron chi connectivity index (χ4n) is 4.71. The van der Waals surface area contributed by atoms with Crippen LogP contribution in [0.4, 0.5) is 0 Å². The van der Waals surface area contributed by atoms with E-state index in [1.54, 1.807) is 23.0 Å². The second-order valence-corrected chi connectivity index (χ2v) is 10.5. The summed E-state index contributed by atoms with van der Waals surface area (Å²) in [4.78, 5) is 33.3. The Morgan fingerprint density at radius 2 is 1.94 bits per heavy atom. The lowest BCUT2D eigenvalue weighted by Crippen LogP contribution is -2.34. The smallest absolute Gasteiger partial charge is 0.267 e. The number of fused-ring (bicyclic) bond motifs is 3. The number of hydrogen-bond acceptors (Lipinski definition) is 6. The molecule has 1 N–H and O–H groups in total. The highest BCUT2D eigenvalue weighted by Crippen LogP contribution is 2.35. The van der Waals surface area contributed by atoms with Gasteiger partial charge in [-0.1, -0.05) is 24.6 Å². The zero-order valence-corrected chi connectivity index (χ0v) is 19.8. The predicted octanol–water partition coefficient (Wildman–Crippen LogP) is 4.49. The van der Waals surface area contributed by atoms with Gasteiger partial charge in [0.2, 0.25) is 5.91 Å². The first kappa shape index (κ1) is 21.5.